The van der Waals surface area contributed by atoms with Gasteiger partial charge in [-0.2, -0.15) is 0 Å². The number of hydrogen-bond donors (Lipinski definition) is 2. The second kappa shape index (κ2) is 5.46. The Balaban J connectivity index is 2.07. The van der Waals surface area contributed by atoms with Crippen LogP contribution in [0.1, 0.15) is 0 Å². The summed E-state index contributed by atoms with van der Waals surface area (Å²) in [6.45, 7) is 0. The first kappa shape index (κ1) is 15.1. The molecule has 0 aliphatic heterocycles. The number of fused-ring (bicyclic) bond motifs is 1. The van der Waals surface area contributed by atoms with Crippen LogP contribution in [0.2, 0.25) is 10.0 Å². The molecule has 0 aliphatic carbocycles. The van der Waals surface area contributed by atoms with Gasteiger partial charge in [0.1, 0.15) is 15.7 Å². The Labute approximate surface area is 135 Å². The summed E-state index contributed by atoms with van der Waals surface area (Å²) < 4.78 is 40.7. The molecule has 114 valence electrons. The number of sulfonamides is 1. The molecule has 8 heteroatoms. The molecule has 0 unspecified atom stereocenters. The molecule has 1 aromatic heterocycles. The van der Waals surface area contributed by atoms with Crippen molar-refractivity contribution >= 4 is 49.8 Å². The molecule has 0 atom stereocenters. The molecule has 0 amide bonds. The van der Waals surface area contributed by atoms with Crippen molar-refractivity contribution < 1.29 is 12.8 Å². The number of hydrogen-bond acceptors (Lipinski definition) is 2. The summed E-state index contributed by atoms with van der Waals surface area (Å²) in [4.78, 5) is 2.86. The van der Waals surface area contributed by atoms with E-state index in [9.17, 15) is 12.8 Å². The second-order valence-electron chi connectivity index (χ2n) is 4.55. The maximum Gasteiger partial charge on any atom is 0.264 e. The van der Waals surface area contributed by atoms with Gasteiger partial charge in [0, 0.05) is 22.1 Å². The molecule has 22 heavy (non-hydrogen) atoms. The maximum absolute atomic E-state index is 13.4. The van der Waals surface area contributed by atoms with E-state index in [1.807, 2.05) is 0 Å². The van der Waals surface area contributed by atoms with Crippen LogP contribution in [0.25, 0.3) is 10.9 Å². The fourth-order valence-corrected chi connectivity index (χ4v) is 3.73. The van der Waals surface area contributed by atoms with Crippen LogP contribution in [-0.2, 0) is 10.0 Å². The fourth-order valence-electron chi connectivity index (χ4n) is 2.08. The van der Waals surface area contributed by atoms with E-state index in [0.29, 0.717) is 15.9 Å². The molecule has 0 aliphatic rings. The summed E-state index contributed by atoms with van der Waals surface area (Å²) >= 11 is 11.6. The smallest absolute Gasteiger partial charge is 0.264 e. The summed E-state index contributed by atoms with van der Waals surface area (Å²) in [5.74, 6) is -0.701. The first-order chi connectivity index (χ1) is 10.4. The normalized spacial score (nSPS) is 11.8. The number of anilines is 1. The molecule has 0 fully saturated rings. The van der Waals surface area contributed by atoms with Crippen LogP contribution in [-0.4, -0.2) is 13.4 Å². The number of aromatic amines is 1. The third-order valence-electron chi connectivity index (χ3n) is 3.09. The SMILES string of the molecule is O=S(=O)(Nc1cccc(F)c1Cl)c1c[nH]c2cc(Cl)ccc12. The lowest BCUT2D eigenvalue weighted by Gasteiger charge is -2.09. The van der Waals surface area contributed by atoms with Gasteiger partial charge in [-0.1, -0.05) is 29.3 Å². The number of benzene rings is 2. The van der Waals surface area contributed by atoms with E-state index in [1.54, 1.807) is 18.2 Å². The second-order valence-corrected chi connectivity index (χ2v) is 7.01. The highest BCUT2D eigenvalue weighted by Gasteiger charge is 2.21. The van der Waals surface area contributed by atoms with Crippen LogP contribution in [0.15, 0.2) is 47.5 Å². The van der Waals surface area contributed by atoms with E-state index >= 15 is 0 Å². The Hall–Kier alpha value is -1.76. The largest absolute Gasteiger partial charge is 0.360 e. The van der Waals surface area contributed by atoms with Crippen LogP contribution >= 0.6 is 23.2 Å². The number of rotatable bonds is 3. The van der Waals surface area contributed by atoms with E-state index in [-0.39, 0.29) is 15.6 Å². The monoisotopic (exact) mass is 358 g/mol. The van der Waals surface area contributed by atoms with Gasteiger partial charge in [0.05, 0.1) is 5.69 Å². The van der Waals surface area contributed by atoms with Crippen LogP contribution in [0.4, 0.5) is 10.1 Å². The Morgan fingerprint density at radius 1 is 1.14 bits per heavy atom. The van der Waals surface area contributed by atoms with Crippen molar-refractivity contribution in [2.24, 2.45) is 0 Å². The molecule has 0 bridgehead atoms. The maximum atomic E-state index is 13.4. The molecular formula is C14H9Cl2FN2O2S. The van der Waals surface area contributed by atoms with Crippen LogP contribution in [0.5, 0.6) is 0 Å². The Morgan fingerprint density at radius 3 is 2.68 bits per heavy atom. The van der Waals surface area contributed by atoms with Crippen molar-refractivity contribution in [2.45, 2.75) is 4.90 Å². The molecule has 3 aromatic rings. The highest BCUT2D eigenvalue weighted by Crippen LogP contribution is 2.30. The zero-order chi connectivity index (χ0) is 15.9. The minimum absolute atomic E-state index is 0.0232. The zero-order valence-corrected chi connectivity index (χ0v) is 13.2. The van der Waals surface area contributed by atoms with Gasteiger partial charge in [-0.05, 0) is 30.3 Å². The first-order valence-electron chi connectivity index (χ1n) is 6.12. The van der Waals surface area contributed by atoms with Crippen molar-refractivity contribution in [3.05, 3.63) is 58.5 Å². The minimum Gasteiger partial charge on any atom is -0.360 e. The van der Waals surface area contributed by atoms with Gasteiger partial charge in [-0.25, -0.2) is 12.8 Å². The first-order valence-corrected chi connectivity index (χ1v) is 8.36. The summed E-state index contributed by atoms with van der Waals surface area (Å²) in [7, 11) is -3.92. The quantitative estimate of drug-likeness (QED) is 0.728. The topological polar surface area (TPSA) is 62.0 Å². The van der Waals surface area contributed by atoms with E-state index in [2.05, 4.69) is 9.71 Å². The standard InChI is InChI=1S/C14H9Cl2FN2O2S/c15-8-4-5-9-12(6-8)18-7-13(9)22(20,21)19-11-3-1-2-10(17)14(11)16/h1-7,18-19H. The Morgan fingerprint density at radius 2 is 1.91 bits per heavy atom. The molecule has 2 N–H and O–H groups in total. The number of H-pyrrole nitrogens is 1. The highest BCUT2D eigenvalue weighted by atomic mass is 35.5. The van der Waals surface area contributed by atoms with E-state index in [0.717, 1.165) is 6.07 Å². The molecule has 3 rings (SSSR count). The van der Waals surface area contributed by atoms with Gasteiger partial charge < -0.3 is 4.98 Å². The summed E-state index contributed by atoms with van der Waals surface area (Å²) in [6, 6.07) is 8.70. The molecule has 4 nitrogen and oxygen atoms in total. The number of nitrogens with one attached hydrogen (secondary N) is 2. The van der Waals surface area contributed by atoms with Crippen molar-refractivity contribution in [2.75, 3.05) is 4.72 Å². The van der Waals surface area contributed by atoms with Gasteiger partial charge in [-0.3, -0.25) is 4.72 Å². The van der Waals surface area contributed by atoms with Gasteiger partial charge in [0.25, 0.3) is 10.0 Å². The lowest BCUT2D eigenvalue weighted by molar-refractivity contribution is 0.602. The molecule has 0 radical (unpaired) electrons. The Kier molecular flexibility index (Phi) is 3.76. The minimum atomic E-state index is -3.92. The number of halogens is 3. The van der Waals surface area contributed by atoms with Gasteiger partial charge in [0.2, 0.25) is 0 Å². The summed E-state index contributed by atoms with van der Waals surface area (Å²) in [5.41, 5.74) is 0.559. The van der Waals surface area contributed by atoms with E-state index in [4.69, 9.17) is 23.2 Å². The fraction of sp³-hybridized carbons (Fsp3) is 0. The third kappa shape index (κ3) is 2.65. The average Bonchev–Trinajstić information content (AvgIpc) is 2.87. The lowest BCUT2D eigenvalue weighted by Crippen LogP contribution is -2.13. The highest BCUT2D eigenvalue weighted by molar-refractivity contribution is 7.93. The summed E-state index contributed by atoms with van der Waals surface area (Å²) in [5, 5.41) is 0.679. The molecule has 0 spiro atoms. The van der Waals surface area contributed by atoms with Crippen LogP contribution < -0.4 is 4.72 Å². The van der Waals surface area contributed by atoms with Crippen molar-refractivity contribution in [1.29, 1.82) is 0 Å². The molecule has 1 heterocycles. The molecule has 0 saturated carbocycles. The lowest BCUT2D eigenvalue weighted by atomic mass is 10.2. The Bertz CT molecular complexity index is 970. The number of aromatic nitrogens is 1. The molecular weight excluding hydrogens is 350 g/mol. The average molecular weight is 359 g/mol. The summed E-state index contributed by atoms with van der Waals surface area (Å²) in [6.07, 6.45) is 1.34. The van der Waals surface area contributed by atoms with Crippen molar-refractivity contribution in [3.8, 4) is 0 Å². The third-order valence-corrected chi connectivity index (χ3v) is 5.12. The van der Waals surface area contributed by atoms with Gasteiger partial charge in [-0.15, -0.1) is 0 Å². The molecule has 0 saturated heterocycles. The van der Waals surface area contributed by atoms with E-state index in [1.165, 1.54) is 18.3 Å². The van der Waals surface area contributed by atoms with E-state index < -0.39 is 15.8 Å². The zero-order valence-electron chi connectivity index (χ0n) is 10.9. The van der Waals surface area contributed by atoms with Gasteiger partial charge >= 0.3 is 0 Å². The predicted molar refractivity (Wildman–Crippen MR) is 85.5 cm³/mol. The van der Waals surface area contributed by atoms with Crippen molar-refractivity contribution in [3.63, 3.8) is 0 Å². The van der Waals surface area contributed by atoms with Gasteiger partial charge in [0.15, 0.2) is 0 Å². The molecule has 2 aromatic carbocycles. The van der Waals surface area contributed by atoms with Crippen molar-refractivity contribution in [1.82, 2.24) is 4.98 Å². The predicted octanol–water partition coefficient (Wildman–Crippen LogP) is 4.41. The van der Waals surface area contributed by atoms with Crippen LogP contribution in [0, 0.1) is 5.82 Å². The van der Waals surface area contributed by atoms with Crippen LogP contribution in [0.3, 0.4) is 0 Å².